The van der Waals surface area contributed by atoms with E-state index in [-0.39, 0.29) is 43.2 Å². The molecule has 0 bridgehead atoms. The summed E-state index contributed by atoms with van der Waals surface area (Å²) in [4.78, 5) is 55.4. The lowest BCUT2D eigenvalue weighted by Gasteiger charge is -2.44. The van der Waals surface area contributed by atoms with E-state index in [0.29, 0.717) is 17.7 Å². The van der Waals surface area contributed by atoms with Gasteiger partial charge < -0.3 is 29.5 Å². The maximum Gasteiger partial charge on any atom is 0.358 e. The number of aliphatic hydroxyl groups excluding tert-OH is 1. The number of amides is 2. The van der Waals surface area contributed by atoms with E-state index in [2.05, 4.69) is 10.3 Å². The molecule has 11 heteroatoms. The van der Waals surface area contributed by atoms with Gasteiger partial charge in [0.15, 0.2) is 0 Å². The maximum atomic E-state index is 13.1. The Bertz CT molecular complexity index is 1320. The third-order valence-corrected chi connectivity index (χ3v) is 6.90. The molecule has 41 heavy (non-hydrogen) atoms. The van der Waals surface area contributed by atoms with Gasteiger partial charge in [-0.1, -0.05) is 24.3 Å². The van der Waals surface area contributed by atoms with Gasteiger partial charge in [-0.2, -0.15) is 0 Å². The van der Waals surface area contributed by atoms with Crippen molar-refractivity contribution in [3.05, 3.63) is 65.6 Å². The van der Waals surface area contributed by atoms with E-state index >= 15 is 0 Å². The highest BCUT2D eigenvalue weighted by Gasteiger charge is 2.57. The number of fused-ring (bicyclic) bond motifs is 1. The van der Waals surface area contributed by atoms with Crippen LogP contribution in [0.15, 0.2) is 54.5 Å². The highest BCUT2D eigenvalue weighted by Crippen LogP contribution is 2.47. The van der Waals surface area contributed by atoms with Crippen molar-refractivity contribution in [3.8, 4) is 0 Å². The molecular formula is C30H35N3O8. The van der Waals surface area contributed by atoms with Crippen LogP contribution in [0.2, 0.25) is 0 Å². The zero-order valence-electron chi connectivity index (χ0n) is 23.6. The topological polar surface area (TPSA) is 144 Å². The fourth-order valence-electron chi connectivity index (χ4n) is 4.76. The Labute approximate surface area is 238 Å². The first-order valence-corrected chi connectivity index (χ1v) is 13.4. The van der Waals surface area contributed by atoms with Crippen LogP contribution in [-0.2, 0) is 40.0 Å². The predicted molar refractivity (Wildman–Crippen MR) is 147 cm³/mol. The quantitative estimate of drug-likeness (QED) is 0.182. The van der Waals surface area contributed by atoms with Gasteiger partial charge in [-0.3, -0.25) is 19.4 Å². The molecule has 1 fully saturated rings. The summed E-state index contributed by atoms with van der Waals surface area (Å²) in [5, 5.41) is 12.9. The third-order valence-electron chi connectivity index (χ3n) is 6.90. The van der Waals surface area contributed by atoms with Crippen molar-refractivity contribution in [1.29, 1.82) is 0 Å². The molecule has 1 aromatic heterocycles. The Kier molecular flexibility index (Phi) is 9.19. The first-order chi connectivity index (χ1) is 19.5. The Balaban J connectivity index is 1.38. The molecule has 1 aromatic carbocycles. The van der Waals surface area contributed by atoms with Gasteiger partial charge >= 0.3 is 11.9 Å². The lowest BCUT2D eigenvalue weighted by molar-refractivity contribution is -0.175. The molecule has 2 amide bonds. The molecule has 0 aliphatic carbocycles. The Hall–Kier alpha value is -4.09. The lowest BCUT2D eigenvalue weighted by Crippen LogP contribution is -2.61. The van der Waals surface area contributed by atoms with Gasteiger partial charge in [-0.15, -0.1) is 0 Å². The van der Waals surface area contributed by atoms with Gasteiger partial charge in [0.1, 0.15) is 5.70 Å². The van der Waals surface area contributed by atoms with Crippen molar-refractivity contribution in [3.63, 3.8) is 0 Å². The number of β-lactam (4-membered cyclic amide) rings is 1. The van der Waals surface area contributed by atoms with Gasteiger partial charge in [0, 0.05) is 6.20 Å². The number of benzene rings is 1. The normalized spacial score (nSPS) is 18.9. The number of carbonyl (C=O) groups excluding carboxylic acids is 4. The average molecular weight is 566 g/mol. The summed E-state index contributed by atoms with van der Waals surface area (Å²) in [5.74, 6) is -2.44. The van der Waals surface area contributed by atoms with Crippen molar-refractivity contribution < 1.29 is 38.5 Å². The molecule has 0 saturated carbocycles. The zero-order chi connectivity index (χ0) is 29.7. The zero-order valence-corrected chi connectivity index (χ0v) is 23.6. The minimum Gasteiger partial charge on any atom is -0.427 e. The summed E-state index contributed by atoms with van der Waals surface area (Å²) >= 11 is 0. The minimum atomic E-state index is -0.862. The fourth-order valence-corrected chi connectivity index (χ4v) is 4.76. The Morgan fingerprint density at radius 2 is 1.88 bits per heavy atom. The Morgan fingerprint density at radius 3 is 2.51 bits per heavy atom. The smallest absolute Gasteiger partial charge is 0.358 e. The summed E-state index contributed by atoms with van der Waals surface area (Å²) in [6.45, 7) is 6.55. The number of aromatic nitrogens is 1. The van der Waals surface area contributed by atoms with Crippen LogP contribution in [0.25, 0.3) is 5.57 Å². The first kappa shape index (κ1) is 29.9. The fraction of sp³-hybridized carbons (Fsp3) is 0.433. The Morgan fingerprint density at radius 1 is 1.15 bits per heavy atom. The van der Waals surface area contributed by atoms with E-state index < -0.39 is 36.2 Å². The van der Waals surface area contributed by atoms with Crippen LogP contribution >= 0.6 is 0 Å². The van der Waals surface area contributed by atoms with Crippen LogP contribution < -0.4 is 5.32 Å². The van der Waals surface area contributed by atoms with Gasteiger partial charge in [0.05, 0.1) is 55.0 Å². The number of esters is 2. The van der Waals surface area contributed by atoms with Crippen LogP contribution in [0.1, 0.15) is 51.7 Å². The largest absolute Gasteiger partial charge is 0.427 e. The van der Waals surface area contributed by atoms with Gasteiger partial charge in [-0.25, -0.2) is 4.79 Å². The number of rotatable bonds is 11. The number of pyridine rings is 1. The minimum absolute atomic E-state index is 0.0901. The molecule has 2 aliphatic heterocycles. The van der Waals surface area contributed by atoms with Crippen molar-refractivity contribution in [2.45, 2.75) is 59.3 Å². The molecule has 3 heterocycles. The number of aliphatic hydroxyl groups is 1. The van der Waals surface area contributed by atoms with E-state index in [1.165, 1.54) is 4.90 Å². The van der Waals surface area contributed by atoms with Crippen LogP contribution in [0.5, 0.6) is 0 Å². The maximum absolute atomic E-state index is 13.1. The number of anilines is 1. The van der Waals surface area contributed by atoms with E-state index in [0.717, 1.165) is 11.1 Å². The number of hydrogen-bond donors (Lipinski definition) is 2. The monoisotopic (exact) mass is 565 g/mol. The summed E-state index contributed by atoms with van der Waals surface area (Å²) < 4.78 is 15.9. The highest BCUT2D eigenvalue weighted by atomic mass is 16.7. The molecule has 0 unspecified atom stereocenters. The lowest BCUT2D eigenvalue weighted by atomic mass is 9.82. The number of ether oxygens (including phenoxy) is 3. The molecular weight excluding hydrogens is 530 g/mol. The van der Waals surface area contributed by atoms with Crippen LogP contribution in [0.4, 0.5) is 5.69 Å². The summed E-state index contributed by atoms with van der Waals surface area (Å²) in [7, 11) is 0. The second kappa shape index (κ2) is 12.6. The molecule has 2 N–H and O–H groups in total. The first-order valence-electron chi connectivity index (χ1n) is 13.4. The summed E-state index contributed by atoms with van der Waals surface area (Å²) in [5.41, 5.74) is 2.14. The molecule has 4 rings (SSSR count). The second-order valence-corrected chi connectivity index (χ2v) is 11.1. The summed E-state index contributed by atoms with van der Waals surface area (Å²) in [6.07, 6.45) is 2.89. The molecule has 2 aliphatic rings. The van der Waals surface area contributed by atoms with E-state index in [1.54, 1.807) is 52.2 Å². The molecule has 0 spiro atoms. The van der Waals surface area contributed by atoms with Crippen molar-refractivity contribution in [2.75, 3.05) is 18.7 Å². The van der Waals surface area contributed by atoms with Gasteiger partial charge in [0.25, 0.3) is 0 Å². The number of carbonyl (C=O) groups is 4. The van der Waals surface area contributed by atoms with Gasteiger partial charge in [-0.05, 0) is 62.9 Å². The van der Waals surface area contributed by atoms with Crippen LogP contribution in [0, 0.1) is 11.3 Å². The molecule has 3 atom stereocenters. The predicted octanol–water partition coefficient (Wildman–Crippen LogP) is 3.04. The second-order valence-electron chi connectivity index (χ2n) is 11.1. The highest BCUT2D eigenvalue weighted by molar-refractivity contribution is 6.06. The van der Waals surface area contributed by atoms with Crippen LogP contribution in [0.3, 0.4) is 0 Å². The van der Waals surface area contributed by atoms with Gasteiger partial charge in [0.2, 0.25) is 18.6 Å². The van der Waals surface area contributed by atoms with E-state index in [1.807, 2.05) is 24.3 Å². The molecule has 11 nitrogen and oxygen atoms in total. The third kappa shape index (κ3) is 6.98. The molecule has 1 saturated heterocycles. The van der Waals surface area contributed by atoms with Crippen molar-refractivity contribution in [1.82, 2.24) is 9.88 Å². The van der Waals surface area contributed by atoms with Crippen LogP contribution in [-0.4, -0.2) is 64.3 Å². The summed E-state index contributed by atoms with van der Waals surface area (Å²) in [6, 6.07) is 10.5. The number of hydrogen-bond acceptors (Lipinski definition) is 9. The molecule has 218 valence electrons. The SMILES string of the molecule is C[C@@H](O)[C@H]1C(=O)N2C(C(=O)OCOC(=O)C(C)(C)C)=C(c3ccc(COCCC(=O)Nc4cccnc4)cc3)C[C@H]12. The molecule has 2 aromatic rings. The van der Waals surface area contributed by atoms with Crippen molar-refractivity contribution in [2.24, 2.45) is 11.3 Å². The van der Waals surface area contributed by atoms with E-state index in [4.69, 9.17) is 14.2 Å². The standard InChI is InChI=1S/C30H35N3O8/c1-18(34)25-23-14-22(26(33(23)27(25)36)28(37)40-17-41-29(38)30(2,3)4)20-9-7-19(8-10-20)16-39-13-11-24(35)32-21-6-5-12-31-15-21/h5-10,12,15,18,23,25,34H,11,13-14,16-17H2,1-4H3,(H,32,35)/t18-,23-,25-/m1/s1. The average Bonchev–Trinajstić information content (AvgIpc) is 3.26. The number of nitrogens with zero attached hydrogens (tertiary/aromatic N) is 2. The molecule has 0 radical (unpaired) electrons. The van der Waals surface area contributed by atoms with E-state index in [9.17, 15) is 24.3 Å². The number of nitrogens with one attached hydrogen (secondary N) is 1. The van der Waals surface area contributed by atoms with Crippen molar-refractivity contribution >= 4 is 35.0 Å².